The molecule has 0 saturated carbocycles. The van der Waals surface area contributed by atoms with E-state index >= 15 is 0 Å². The third-order valence-electron chi connectivity index (χ3n) is 2.45. The third-order valence-corrected chi connectivity index (χ3v) is 2.45. The molecular weight excluding hydrogens is 244 g/mol. The maximum atomic E-state index is 11.7. The molecule has 2 N–H and O–H groups in total. The fourth-order valence-electron chi connectivity index (χ4n) is 1.59. The molecule has 0 heterocycles. The first-order chi connectivity index (χ1) is 9.27. The summed E-state index contributed by atoms with van der Waals surface area (Å²) < 4.78 is 10.4. The summed E-state index contributed by atoms with van der Waals surface area (Å²) in [7, 11) is 1.66. The van der Waals surface area contributed by atoms with Crippen LogP contribution < -0.4 is 15.4 Å². The van der Waals surface area contributed by atoms with Gasteiger partial charge < -0.3 is 20.1 Å². The molecule has 0 aromatic heterocycles. The second kappa shape index (κ2) is 9.35. The highest BCUT2D eigenvalue weighted by atomic mass is 16.5. The van der Waals surface area contributed by atoms with Gasteiger partial charge in [0.1, 0.15) is 5.75 Å². The Bertz CT molecular complexity index is 383. The predicted molar refractivity (Wildman–Crippen MR) is 75.6 cm³/mol. The first-order valence-corrected chi connectivity index (χ1v) is 6.49. The maximum Gasteiger partial charge on any atom is 0.238 e. The molecule has 1 rings (SSSR count). The molecule has 5 nitrogen and oxygen atoms in total. The van der Waals surface area contributed by atoms with Crippen LogP contribution in [0, 0.1) is 0 Å². The molecule has 0 radical (unpaired) electrons. The molecule has 0 bridgehead atoms. The van der Waals surface area contributed by atoms with Crippen molar-refractivity contribution in [1.29, 1.82) is 0 Å². The third kappa shape index (κ3) is 6.22. The molecule has 0 atom stereocenters. The lowest BCUT2D eigenvalue weighted by atomic mass is 10.3. The highest BCUT2D eigenvalue weighted by Gasteiger charge is 2.06. The largest absolute Gasteiger partial charge is 0.492 e. The first-order valence-electron chi connectivity index (χ1n) is 6.49. The van der Waals surface area contributed by atoms with Gasteiger partial charge in [-0.05, 0) is 32.0 Å². The Morgan fingerprint density at radius 2 is 2.11 bits per heavy atom. The molecule has 0 aliphatic rings. The molecule has 19 heavy (non-hydrogen) atoms. The van der Waals surface area contributed by atoms with Crippen LogP contribution in [-0.4, -0.2) is 39.3 Å². The summed E-state index contributed by atoms with van der Waals surface area (Å²) in [6, 6.07) is 7.41. The van der Waals surface area contributed by atoms with E-state index in [4.69, 9.17) is 9.47 Å². The first kappa shape index (κ1) is 15.5. The second-order valence-corrected chi connectivity index (χ2v) is 4.00. The standard InChI is InChI=1S/C14H22N2O3/c1-3-19-13-8-5-4-7-12(13)16-14(17)11-15-9-6-10-18-2/h4-5,7-8,15H,3,6,9-11H2,1-2H3,(H,16,17). The topological polar surface area (TPSA) is 59.6 Å². The second-order valence-electron chi connectivity index (χ2n) is 4.00. The van der Waals surface area contributed by atoms with Crippen LogP contribution in [0.5, 0.6) is 5.75 Å². The van der Waals surface area contributed by atoms with E-state index in [1.165, 1.54) is 0 Å². The Morgan fingerprint density at radius 3 is 2.84 bits per heavy atom. The van der Waals surface area contributed by atoms with Crippen molar-refractivity contribution in [3.8, 4) is 5.75 Å². The number of amides is 1. The van der Waals surface area contributed by atoms with Gasteiger partial charge in [0.05, 0.1) is 18.8 Å². The quantitative estimate of drug-likeness (QED) is 0.667. The number of hydrogen-bond donors (Lipinski definition) is 2. The van der Waals surface area contributed by atoms with Gasteiger partial charge in [-0.25, -0.2) is 0 Å². The van der Waals surface area contributed by atoms with Crippen molar-refractivity contribution in [2.45, 2.75) is 13.3 Å². The van der Waals surface area contributed by atoms with Crippen LogP contribution in [0.4, 0.5) is 5.69 Å². The van der Waals surface area contributed by atoms with E-state index in [9.17, 15) is 4.79 Å². The molecule has 0 fully saturated rings. The molecule has 0 aliphatic carbocycles. The van der Waals surface area contributed by atoms with Gasteiger partial charge in [-0.1, -0.05) is 12.1 Å². The van der Waals surface area contributed by atoms with E-state index in [-0.39, 0.29) is 12.5 Å². The van der Waals surface area contributed by atoms with Gasteiger partial charge in [-0.2, -0.15) is 0 Å². The summed E-state index contributed by atoms with van der Waals surface area (Å²) in [4.78, 5) is 11.7. The smallest absolute Gasteiger partial charge is 0.238 e. The number of methoxy groups -OCH3 is 1. The zero-order chi connectivity index (χ0) is 13.9. The minimum absolute atomic E-state index is 0.0791. The van der Waals surface area contributed by atoms with E-state index in [0.717, 1.165) is 13.0 Å². The Morgan fingerprint density at radius 1 is 1.32 bits per heavy atom. The van der Waals surface area contributed by atoms with Crippen molar-refractivity contribution < 1.29 is 14.3 Å². The molecule has 0 saturated heterocycles. The van der Waals surface area contributed by atoms with Crippen molar-refractivity contribution in [1.82, 2.24) is 5.32 Å². The fraction of sp³-hybridized carbons (Fsp3) is 0.500. The molecule has 5 heteroatoms. The van der Waals surface area contributed by atoms with E-state index in [1.807, 2.05) is 31.2 Å². The minimum Gasteiger partial charge on any atom is -0.492 e. The van der Waals surface area contributed by atoms with Gasteiger partial charge in [0.15, 0.2) is 0 Å². The number of hydrogen-bond acceptors (Lipinski definition) is 4. The number of carbonyl (C=O) groups is 1. The predicted octanol–water partition coefficient (Wildman–Crippen LogP) is 1.65. The average molecular weight is 266 g/mol. The number of anilines is 1. The van der Waals surface area contributed by atoms with Gasteiger partial charge in [0.2, 0.25) is 5.91 Å². The average Bonchev–Trinajstić information content (AvgIpc) is 2.41. The summed E-state index contributed by atoms with van der Waals surface area (Å²) >= 11 is 0. The monoisotopic (exact) mass is 266 g/mol. The molecule has 0 aliphatic heterocycles. The van der Waals surface area contributed by atoms with Gasteiger partial charge in [0.25, 0.3) is 0 Å². The number of nitrogens with one attached hydrogen (secondary N) is 2. The summed E-state index contributed by atoms with van der Waals surface area (Å²) in [6.07, 6.45) is 0.888. The molecule has 1 amide bonds. The van der Waals surface area contributed by atoms with Crippen molar-refractivity contribution in [3.05, 3.63) is 24.3 Å². The van der Waals surface area contributed by atoms with Crippen LogP contribution in [-0.2, 0) is 9.53 Å². The lowest BCUT2D eigenvalue weighted by molar-refractivity contribution is -0.115. The highest BCUT2D eigenvalue weighted by Crippen LogP contribution is 2.23. The van der Waals surface area contributed by atoms with E-state index < -0.39 is 0 Å². The van der Waals surface area contributed by atoms with Crippen LogP contribution in [0.3, 0.4) is 0 Å². The highest BCUT2D eigenvalue weighted by molar-refractivity contribution is 5.93. The zero-order valence-electron chi connectivity index (χ0n) is 11.6. The molecule has 0 unspecified atom stereocenters. The summed E-state index contributed by atoms with van der Waals surface area (Å²) in [5.74, 6) is 0.613. The number of ether oxygens (including phenoxy) is 2. The maximum absolute atomic E-state index is 11.7. The Hall–Kier alpha value is -1.59. The molecule has 1 aromatic carbocycles. The number of carbonyl (C=O) groups excluding carboxylic acids is 1. The van der Waals surface area contributed by atoms with Crippen molar-refractivity contribution in [2.75, 3.05) is 38.7 Å². The molecule has 1 aromatic rings. The van der Waals surface area contributed by atoms with Crippen LogP contribution in [0.15, 0.2) is 24.3 Å². The lowest BCUT2D eigenvalue weighted by Crippen LogP contribution is -2.29. The van der Waals surface area contributed by atoms with Crippen LogP contribution in [0.25, 0.3) is 0 Å². The summed E-state index contributed by atoms with van der Waals surface area (Å²) in [5, 5.41) is 5.89. The van der Waals surface area contributed by atoms with Crippen LogP contribution >= 0.6 is 0 Å². The summed E-state index contributed by atoms with van der Waals surface area (Å²) in [5.41, 5.74) is 0.702. The molecule has 106 valence electrons. The van der Waals surface area contributed by atoms with Gasteiger partial charge >= 0.3 is 0 Å². The molecule has 0 spiro atoms. The Labute approximate surface area is 114 Å². The van der Waals surface area contributed by atoms with Crippen LogP contribution in [0.2, 0.25) is 0 Å². The zero-order valence-corrected chi connectivity index (χ0v) is 11.6. The van der Waals surface area contributed by atoms with E-state index in [0.29, 0.717) is 24.7 Å². The normalized spacial score (nSPS) is 10.2. The lowest BCUT2D eigenvalue weighted by Gasteiger charge is -2.11. The fourth-order valence-corrected chi connectivity index (χ4v) is 1.59. The minimum atomic E-state index is -0.0791. The van der Waals surface area contributed by atoms with Gasteiger partial charge in [-0.15, -0.1) is 0 Å². The van der Waals surface area contributed by atoms with Gasteiger partial charge in [-0.3, -0.25) is 4.79 Å². The van der Waals surface area contributed by atoms with Crippen LogP contribution in [0.1, 0.15) is 13.3 Å². The Balaban J connectivity index is 2.35. The number of benzene rings is 1. The van der Waals surface area contributed by atoms with Crippen molar-refractivity contribution in [2.24, 2.45) is 0 Å². The summed E-state index contributed by atoms with van der Waals surface area (Å²) in [6.45, 7) is 4.22. The van der Waals surface area contributed by atoms with Crippen molar-refractivity contribution >= 4 is 11.6 Å². The molecular formula is C14H22N2O3. The SMILES string of the molecule is CCOc1ccccc1NC(=O)CNCCCOC. The number of para-hydroxylation sites is 2. The van der Waals surface area contributed by atoms with E-state index in [1.54, 1.807) is 7.11 Å². The van der Waals surface area contributed by atoms with Gasteiger partial charge in [0, 0.05) is 13.7 Å². The van der Waals surface area contributed by atoms with Crippen molar-refractivity contribution in [3.63, 3.8) is 0 Å². The number of rotatable bonds is 9. The Kier molecular flexibility index (Phi) is 7.62. The van der Waals surface area contributed by atoms with E-state index in [2.05, 4.69) is 10.6 Å².